The minimum absolute atomic E-state index is 0.0137. The van der Waals surface area contributed by atoms with E-state index in [0.29, 0.717) is 11.8 Å². The predicted molar refractivity (Wildman–Crippen MR) is 257 cm³/mol. The number of aldehydes is 1. The van der Waals surface area contributed by atoms with Gasteiger partial charge in [0.05, 0.1) is 49.7 Å². The first kappa shape index (κ1) is 52.0. The number of aliphatic imine (C=N–C) groups is 1. The van der Waals surface area contributed by atoms with Crippen LogP contribution in [0.1, 0.15) is 120 Å². The summed E-state index contributed by atoms with van der Waals surface area (Å²) in [6.45, 7) is 1.02. The number of phenols is 1. The summed E-state index contributed by atoms with van der Waals surface area (Å²) in [5, 5.41) is 68.6. The molecule has 0 saturated carbocycles. The van der Waals surface area contributed by atoms with Gasteiger partial charge in [-0.15, -0.1) is 0 Å². The van der Waals surface area contributed by atoms with Crippen molar-refractivity contribution in [1.29, 1.82) is 0 Å². The highest BCUT2D eigenvalue weighted by molar-refractivity contribution is 6.32. The van der Waals surface area contributed by atoms with Crippen LogP contribution in [0.15, 0.2) is 53.5 Å². The Morgan fingerprint density at radius 1 is 1.00 bits per heavy atom. The molecule has 0 spiro atoms. The fourth-order valence-electron chi connectivity index (χ4n) is 9.11. The molecule has 0 amide bonds. The van der Waals surface area contributed by atoms with Gasteiger partial charge in [-0.2, -0.15) is 0 Å². The highest BCUT2D eigenvalue weighted by Crippen LogP contribution is 2.48. The third-order valence-electron chi connectivity index (χ3n) is 12.5. The summed E-state index contributed by atoms with van der Waals surface area (Å²) in [6.07, 6.45) is -5.87. The van der Waals surface area contributed by atoms with E-state index in [4.69, 9.17) is 47.6 Å². The van der Waals surface area contributed by atoms with Gasteiger partial charge in [0.25, 0.3) is 0 Å². The molecule has 0 aromatic heterocycles. The van der Waals surface area contributed by atoms with Gasteiger partial charge in [-0.25, -0.2) is 0 Å². The number of carbonyl (C=O) groups is 4. The molecule has 20 heteroatoms. The normalized spacial score (nSPS) is 22.1. The molecule has 0 unspecified atom stereocenters. The van der Waals surface area contributed by atoms with E-state index in [1.807, 2.05) is 6.07 Å². The van der Waals surface area contributed by atoms with Gasteiger partial charge in [-0.1, -0.05) is 60.4 Å². The summed E-state index contributed by atoms with van der Waals surface area (Å²) < 4.78 is 24.2. The number of nitrogens with zero attached hydrogens (tertiary/aromatic N) is 1. The van der Waals surface area contributed by atoms with Crippen molar-refractivity contribution in [1.82, 2.24) is 0 Å². The smallest absolute Gasteiger partial charge is 0.308 e. The molecule has 0 radical (unpaired) electrons. The number of ether oxygens (including phenoxy) is 4. The number of rotatable bonds is 12. The van der Waals surface area contributed by atoms with Gasteiger partial charge in [-0.05, 0) is 66.1 Å². The van der Waals surface area contributed by atoms with Crippen LogP contribution in [0.2, 0.25) is 0 Å². The minimum Gasteiger partial charge on any atom is -0.507 e. The predicted octanol–water partition coefficient (Wildman–Crippen LogP) is 0.469. The van der Waals surface area contributed by atoms with E-state index < -0.39 is 108 Å². The number of nitrogens with two attached hydrogens (primary N) is 5. The van der Waals surface area contributed by atoms with Gasteiger partial charge in [-0.3, -0.25) is 24.2 Å². The van der Waals surface area contributed by atoms with Crippen LogP contribution in [0, 0.1) is 11.8 Å². The summed E-state index contributed by atoms with van der Waals surface area (Å²) in [5.41, 5.74) is 29.1. The van der Waals surface area contributed by atoms with Crippen molar-refractivity contribution in [3.05, 3.63) is 121 Å². The Morgan fingerprint density at radius 3 is 2.42 bits per heavy atom. The summed E-state index contributed by atoms with van der Waals surface area (Å²) in [5.74, 6) is -1.61. The second-order valence-electron chi connectivity index (χ2n) is 17.5. The number of fused-ring (bicyclic) bond motifs is 2. The molecule has 1 saturated heterocycles. The zero-order valence-corrected chi connectivity index (χ0v) is 38.8. The van der Waals surface area contributed by atoms with Crippen molar-refractivity contribution in [2.24, 2.45) is 33.7 Å². The molecule has 71 heavy (non-hydrogen) atoms. The Kier molecular flexibility index (Phi) is 15.8. The van der Waals surface area contributed by atoms with Crippen LogP contribution in [-0.4, -0.2) is 116 Å². The van der Waals surface area contributed by atoms with Crippen molar-refractivity contribution in [3.8, 4) is 29.1 Å². The highest BCUT2D eigenvalue weighted by atomic mass is 16.7. The Balaban J connectivity index is 1.57. The topological polar surface area (TPSA) is 369 Å². The lowest BCUT2D eigenvalue weighted by Gasteiger charge is -2.46. The molecule has 2 aliphatic carbocycles. The van der Waals surface area contributed by atoms with E-state index >= 15 is 9.59 Å². The van der Waals surface area contributed by atoms with Crippen LogP contribution < -0.4 is 38.1 Å². The first-order valence-corrected chi connectivity index (χ1v) is 22.6. The van der Waals surface area contributed by atoms with Crippen molar-refractivity contribution < 1.29 is 68.8 Å². The number of phenolic OH excluding ortho intramolecular Hbond substituents is 1. The maximum Gasteiger partial charge on any atom is 0.308 e. The van der Waals surface area contributed by atoms with E-state index in [-0.39, 0.29) is 94.2 Å². The van der Waals surface area contributed by atoms with Crippen molar-refractivity contribution in [2.75, 3.05) is 13.2 Å². The molecular formula is C51H56N6O14. The monoisotopic (exact) mass is 976 g/mol. The standard InChI is InChI=1S/C51H56N6O14/c1-24-46(65)51(66,67)47(68-17-16-57-50(55)56)49(69-24)71-45-34-11-5-9-30(52)13-14-31(61)19-27-7-3-6-26(18-27)12-15-33-37(70-25(2)60)21-29(22-58)38-39(33)44(64)40(34)41(43(38)63)42(62)35(45)20-28-8-4-10-32(48(53)54)36(28)23-59/h3-4,6-8,10,12,15,18,21,23-24,30-31,46-49,58,61-62,65-67H,11,13-14,16-17,19-20,22,52-54H2,1-2H3,(H4,55,56,57)/b15-12+/t24-,30-,31+,46+,47-,49+/m0/s1. The van der Waals surface area contributed by atoms with Crippen molar-refractivity contribution >= 4 is 41.9 Å². The SMILES string of the molecule is CC(=O)Oc1cc(CO)c2c3c1/C=C/c1cccc(c1)C[C@H](O)CC[C@@H](N)C#CCc1c(O[C@H]4O[C@@H](C)[C@@H](O)C(O)(O)[C@H]4OCCN=C(N)N)c(Cc4cccc(C(N)N)c4C=O)c(O)c(c1C3=O)C2=O. The second-order valence-corrected chi connectivity index (χ2v) is 17.5. The van der Waals surface area contributed by atoms with Crippen LogP contribution >= 0.6 is 0 Å². The molecule has 16 N–H and O–H groups in total. The molecule has 374 valence electrons. The summed E-state index contributed by atoms with van der Waals surface area (Å²) in [4.78, 5) is 60.4. The van der Waals surface area contributed by atoms with Crippen molar-refractivity contribution in [3.63, 3.8) is 0 Å². The number of esters is 1. The fraction of sp³-hybridized carbons (Fsp3) is 0.353. The number of carbonyl (C=O) groups excluding carboxylic acids is 4. The molecule has 7 rings (SSSR count). The van der Waals surface area contributed by atoms with E-state index in [2.05, 4.69) is 16.8 Å². The molecule has 4 bridgehead atoms. The van der Waals surface area contributed by atoms with Crippen LogP contribution in [0.5, 0.6) is 17.2 Å². The lowest BCUT2D eigenvalue weighted by Crippen LogP contribution is -2.67. The number of aromatic hydroxyl groups is 1. The number of aliphatic hydroxyl groups excluding tert-OH is 3. The first-order chi connectivity index (χ1) is 33.8. The van der Waals surface area contributed by atoms with E-state index in [1.54, 1.807) is 30.3 Å². The maximum absolute atomic E-state index is 15.7. The first-order valence-electron chi connectivity index (χ1n) is 22.6. The zero-order chi connectivity index (χ0) is 51.5. The Labute approximate surface area is 407 Å². The van der Waals surface area contributed by atoms with E-state index in [1.165, 1.54) is 31.2 Å². The Morgan fingerprint density at radius 2 is 1.73 bits per heavy atom. The number of benzene rings is 4. The lowest BCUT2D eigenvalue weighted by molar-refractivity contribution is -0.378. The molecule has 6 atom stereocenters. The van der Waals surface area contributed by atoms with Gasteiger partial charge >= 0.3 is 5.97 Å². The number of ketones is 2. The Hall–Kier alpha value is -6.87. The molecule has 1 heterocycles. The molecule has 1 fully saturated rings. The summed E-state index contributed by atoms with van der Waals surface area (Å²) in [7, 11) is 0. The average Bonchev–Trinajstić information content (AvgIpc) is 3.31. The maximum atomic E-state index is 15.7. The summed E-state index contributed by atoms with van der Waals surface area (Å²) in [6, 6.07) is 12.1. The molecule has 1 aliphatic heterocycles. The molecular weight excluding hydrogens is 921 g/mol. The van der Waals surface area contributed by atoms with Crippen LogP contribution in [0.4, 0.5) is 0 Å². The van der Waals surface area contributed by atoms with Gasteiger partial charge < -0.3 is 78.3 Å². The Bertz CT molecular complexity index is 2880. The quantitative estimate of drug-likeness (QED) is 0.0118. The van der Waals surface area contributed by atoms with Crippen LogP contribution in [-0.2, 0) is 40.1 Å². The molecule has 20 nitrogen and oxygen atoms in total. The number of aliphatic hydroxyl groups is 5. The van der Waals surface area contributed by atoms with Crippen LogP contribution in [0.3, 0.4) is 0 Å². The van der Waals surface area contributed by atoms with Gasteiger partial charge in [0, 0.05) is 58.7 Å². The molecule has 4 aromatic carbocycles. The van der Waals surface area contributed by atoms with Gasteiger partial charge in [0.15, 0.2) is 29.9 Å². The second kappa shape index (κ2) is 21.6. The minimum atomic E-state index is -3.10. The lowest BCUT2D eigenvalue weighted by atomic mass is 9.75. The molecule has 3 aliphatic rings. The van der Waals surface area contributed by atoms with E-state index in [9.17, 15) is 40.2 Å². The number of guanidine groups is 1. The highest BCUT2D eigenvalue weighted by Gasteiger charge is 2.56. The van der Waals surface area contributed by atoms with Gasteiger partial charge in [0.1, 0.15) is 23.4 Å². The number of hydrogen-bond acceptors (Lipinski definition) is 18. The van der Waals surface area contributed by atoms with Crippen molar-refractivity contribution in [2.45, 2.75) is 101 Å². The zero-order valence-electron chi connectivity index (χ0n) is 38.8. The summed E-state index contributed by atoms with van der Waals surface area (Å²) >= 11 is 0. The third-order valence-corrected chi connectivity index (χ3v) is 12.5. The van der Waals surface area contributed by atoms with E-state index in [0.717, 1.165) is 12.5 Å². The largest absolute Gasteiger partial charge is 0.507 e. The molecule has 4 aromatic rings. The average molecular weight is 977 g/mol. The fourth-order valence-corrected chi connectivity index (χ4v) is 9.11. The number of hydrogen-bond donors (Lipinski definition) is 11. The third kappa shape index (κ3) is 10.8. The van der Waals surface area contributed by atoms with Gasteiger partial charge in [0.2, 0.25) is 12.1 Å². The van der Waals surface area contributed by atoms with Crippen LogP contribution in [0.25, 0.3) is 12.2 Å².